The first-order valence-electron chi connectivity index (χ1n) is 7.10. The van der Waals surface area contributed by atoms with Crippen molar-refractivity contribution in [3.63, 3.8) is 0 Å². The average molecular weight is 260 g/mol. The van der Waals surface area contributed by atoms with Gasteiger partial charge in [0.1, 0.15) is 0 Å². The van der Waals surface area contributed by atoms with Crippen molar-refractivity contribution in [3.05, 3.63) is 23.8 Å². The van der Waals surface area contributed by atoms with Crippen molar-refractivity contribution in [1.29, 1.82) is 0 Å². The summed E-state index contributed by atoms with van der Waals surface area (Å²) in [5.41, 5.74) is 9.39. The highest BCUT2D eigenvalue weighted by Gasteiger charge is 2.09. The van der Waals surface area contributed by atoms with Crippen molar-refractivity contribution in [1.82, 2.24) is 14.5 Å². The van der Waals surface area contributed by atoms with E-state index in [1.807, 2.05) is 0 Å². The van der Waals surface area contributed by atoms with Crippen LogP contribution in [0.2, 0.25) is 0 Å². The van der Waals surface area contributed by atoms with Gasteiger partial charge in [-0.25, -0.2) is 4.98 Å². The first kappa shape index (κ1) is 13.9. The van der Waals surface area contributed by atoms with E-state index in [9.17, 15) is 0 Å². The maximum Gasteiger partial charge on any atom is 0.201 e. The summed E-state index contributed by atoms with van der Waals surface area (Å²) in [6, 6.07) is 6.32. The Morgan fingerprint density at radius 3 is 2.74 bits per heavy atom. The molecule has 4 nitrogen and oxygen atoms in total. The number of hydrogen-bond acceptors (Lipinski definition) is 3. The molecule has 0 atom stereocenters. The summed E-state index contributed by atoms with van der Waals surface area (Å²) in [6.45, 7) is 10.6. The van der Waals surface area contributed by atoms with Gasteiger partial charge in [0.15, 0.2) is 0 Å². The van der Waals surface area contributed by atoms with Crippen LogP contribution in [-0.2, 0) is 6.54 Å². The van der Waals surface area contributed by atoms with E-state index in [0.29, 0.717) is 5.95 Å². The number of fused-ring (bicyclic) bond motifs is 1. The van der Waals surface area contributed by atoms with Crippen LogP contribution in [0.15, 0.2) is 18.2 Å². The Balaban J connectivity index is 2.18. The molecule has 0 aliphatic heterocycles. The van der Waals surface area contributed by atoms with Gasteiger partial charge >= 0.3 is 0 Å². The first-order chi connectivity index (χ1) is 9.15. The van der Waals surface area contributed by atoms with Crippen molar-refractivity contribution in [2.75, 3.05) is 25.4 Å². The fourth-order valence-corrected chi connectivity index (χ4v) is 2.48. The number of aryl methyl sites for hydroxylation is 1. The second-order valence-electron chi connectivity index (χ2n) is 5.05. The van der Waals surface area contributed by atoms with Gasteiger partial charge in [-0.15, -0.1) is 0 Å². The lowest BCUT2D eigenvalue weighted by atomic mass is 10.2. The number of nitrogens with two attached hydrogens (primary N) is 1. The number of benzene rings is 1. The Kier molecular flexibility index (Phi) is 4.43. The summed E-state index contributed by atoms with van der Waals surface area (Å²) in [7, 11) is 0. The number of nitrogen functional groups attached to an aromatic ring is 1. The molecule has 4 heteroatoms. The Labute approximate surface area is 115 Å². The molecule has 2 aromatic rings. The summed E-state index contributed by atoms with van der Waals surface area (Å²) in [5, 5.41) is 0. The SMILES string of the molecule is CCCN(CC)CCn1c(N)nc2cc(C)ccc21. The highest BCUT2D eigenvalue weighted by Crippen LogP contribution is 2.19. The average Bonchev–Trinajstić information content (AvgIpc) is 2.69. The molecule has 0 saturated heterocycles. The molecular formula is C15H24N4. The summed E-state index contributed by atoms with van der Waals surface area (Å²) in [4.78, 5) is 6.89. The van der Waals surface area contributed by atoms with Crippen molar-refractivity contribution in [2.24, 2.45) is 0 Å². The van der Waals surface area contributed by atoms with E-state index < -0.39 is 0 Å². The Morgan fingerprint density at radius 1 is 1.26 bits per heavy atom. The van der Waals surface area contributed by atoms with Gasteiger partial charge in [-0.2, -0.15) is 0 Å². The van der Waals surface area contributed by atoms with Gasteiger partial charge in [0.25, 0.3) is 0 Å². The van der Waals surface area contributed by atoms with Gasteiger partial charge in [-0.05, 0) is 44.1 Å². The highest BCUT2D eigenvalue weighted by molar-refractivity contribution is 5.79. The molecule has 1 heterocycles. The normalized spacial score (nSPS) is 11.6. The molecule has 2 rings (SSSR count). The molecule has 0 spiro atoms. The van der Waals surface area contributed by atoms with Gasteiger partial charge in [0.05, 0.1) is 11.0 Å². The fraction of sp³-hybridized carbons (Fsp3) is 0.533. The Morgan fingerprint density at radius 2 is 2.05 bits per heavy atom. The molecule has 0 amide bonds. The molecule has 1 aromatic carbocycles. The third-order valence-electron chi connectivity index (χ3n) is 3.56. The molecule has 19 heavy (non-hydrogen) atoms. The fourth-order valence-electron chi connectivity index (χ4n) is 2.48. The van der Waals surface area contributed by atoms with Gasteiger partial charge in [0.2, 0.25) is 5.95 Å². The molecule has 1 aromatic heterocycles. The minimum Gasteiger partial charge on any atom is -0.369 e. The lowest BCUT2D eigenvalue weighted by Gasteiger charge is -2.20. The number of anilines is 1. The monoisotopic (exact) mass is 260 g/mol. The molecule has 0 fully saturated rings. The molecule has 104 valence electrons. The molecule has 0 aliphatic carbocycles. The summed E-state index contributed by atoms with van der Waals surface area (Å²) < 4.78 is 2.12. The highest BCUT2D eigenvalue weighted by atomic mass is 15.2. The van der Waals surface area contributed by atoms with Crippen LogP contribution in [-0.4, -0.2) is 34.1 Å². The quantitative estimate of drug-likeness (QED) is 0.868. The van der Waals surface area contributed by atoms with Crippen molar-refractivity contribution >= 4 is 17.0 Å². The van der Waals surface area contributed by atoms with Gasteiger partial charge in [-0.3, -0.25) is 0 Å². The molecule has 0 bridgehead atoms. The molecular weight excluding hydrogens is 236 g/mol. The molecule has 0 aliphatic rings. The lowest BCUT2D eigenvalue weighted by Crippen LogP contribution is -2.28. The second kappa shape index (κ2) is 6.06. The van der Waals surface area contributed by atoms with Crippen LogP contribution in [0.1, 0.15) is 25.8 Å². The standard InChI is InChI=1S/C15H24N4/c1-4-8-18(5-2)9-10-19-14-7-6-12(3)11-13(14)17-15(19)16/h6-7,11H,4-5,8-10H2,1-3H3,(H2,16,17). The minimum atomic E-state index is 0.619. The van der Waals surface area contributed by atoms with E-state index in [-0.39, 0.29) is 0 Å². The van der Waals surface area contributed by atoms with E-state index in [2.05, 4.69) is 53.4 Å². The number of rotatable bonds is 6. The second-order valence-corrected chi connectivity index (χ2v) is 5.05. The van der Waals surface area contributed by atoms with E-state index in [4.69, 9.17) is 5.73 Å². The zero-order valence-electron chi connectivity index (χ0n) is 12.2. The number of imidazole rings is 1. The summed E-state index contributed by atoms with van der Waals surface area (Å²) in [6.07, 6.45) is 1.19. The van der Waals surface area contributed by atoms with Crippen LogP contribution in [0, 0.1) is 6.92 Å². The van der Waals surface area contributed by atoms with Crippen LogP contribution in [0.5, 0.6) is 0 Å². The van der Waals surface area contributed by atoms with Crippen LogP contribution >= 0.6 is 0 Å². The zero-order chi connectivity index (χ0) is 13.8. The predicted octanol–water partition coefficient (Wildman–Crippen LogP) is 2.66. The van der Waals surface area contributed by atoms with Crippen molar-refractivity contribution in [2.45, 2.75) is 33.7 Å². The summed E-state index contributed by atoms with van der Waals surface area (Å²) in [5.74, 6) is 0.619. The maximum absolute atomic E-state index is 6.04. The third kappa shape index (κ3) is 3.07. The van der Waals surface area contributed by atoms with Crippen molar-refractivity contribution < 1.29 is 0 Å². The number of hydrogen-bond donors (Lipinski definition) is 1. The number of likely N-dealkylation sites (N-methyl/N-ethyl adjacent to an activating group) is 1. The Bertz CT molecular complexity index is 544. The largest absolute Gasteiger partial charge is 0.369 e. The minimum absolute atomic E-state index is 0.619. The third-order valence-corrected chi connectivity index (χ3v) is 3.56. The molecule has 0 radical (unpaired) electrons. The van der Waals surface area contributed by atoms with E-state index in [0.717, 1.165) is 37.2 Å². The first-order valence-corrected chi connectivity index (χ1v) is 7.10. The lowest BCUT2D eigenvalue weighted by molar-refractivity contribution is 0.278. The van der Waals surface area contributed by atoms with E-state index in [1.165, 1.54) is 12.0 Å². The number of aromatic nitrogens is 2. The van der Waals surface area contributed by atoms with Crippen LogP contribution in [0.4, 0.5) is 5.95 Å². The van der Waals surface area contributed by atoms with Gasteiger partial charge in [0, 0.05) is 13.1 Å². The predicted molar refractivity (Wildman–Crippen MR) is 81.3 cm³/mol. The molecule has 0 saturated carbocycles. The van der Waals surface area contributed by atoms with Crippen molar-refractivity contribution in [3.8, 4) is 0 Å². The smallest absolute Gasteiger partial charge is 0.201 e. The molecule has 0 unspecified atom stereocenters. The van der Waals surface area contributed by atoms with Crippen LogP contribution in [0.3, 0.4) is 0 Å². The van der Waals surface area contributed by atoms with Gasteiger partial charge in [-0.1, -0.05) is 19.9 Å². The summed E-state index contributed by atoms with van der Waals surface area (Å²) >= 11 is 0. The van der Waals surface area contributed by atoms with E-state index in [1.54, 1.807) is 0 Å². The van der Waals surface area contributed by atoms with E-state index >= 15 is 0 Å². The maximum atomic E-state index is 6.04. The zero-order valence-corrected chi connectivity index (χ0v) is 12.2. The van der Waals surface area contributed by atoms with Crippen LogP contribution in [0.25, 0.3) is 11.0 Å². The number of nitrogens with zero attached hydrogens (tertiary/aromatic N) is 3. The topological polar surface area (TPSA) is 47.1 Å². The van der Waals surface area contributed by atoms with Gasteiger partial charge < -0.3 is 15.2 Å². The molecule has 2 N–H and O–H groups in total. The Hall–Kier alpha value is -1.55. The van der Waals surface area contributed by atoms with Crippen LogP contribution < -0.4 is 5.73 Å².